The summed E-state index contributed by atoms with van der Waals surface area (Å²) in [4.78, 5) is 29.3. The van der Waals surface area contributed by atoms with Gasteiger partial charge in [-0.15, -0.1) is 0 Å². The predicted octanol–water partition coefficient (Wildman–Crippen LogP) is 1.90. The lowest BCUT2D eigenvalue weighted by Crippen LogP contribution is -2.38. The highest BCUT2D eigenvalue weighted by Crippen LogP contribution is 2.31. The summed E-state index contributed by atoms with van der Waals surface area (Å²) < 4.78 is 31.8. The van der Waals surface area contributed by atoms with E-state index >= 15 is 0 Å². The van der Waals surface area contributed by atoms with Gasteiger partial charge in [-0.05, 0) is 12.1 Å². The molecule has 1 aliphatic heterocycles. The number of aromatic nitrogens is 1. The third-order valence-electron chi connectivity index (χ3n) is 3.86. The van der Waals surface area contributed by atoms with Crippen LogP contribution in [0.2, 0.25) is 0 Å². The third-order valence-corrected chi connectivity index (χ3v) is 3.86. The number of methoxy groups -OCH3 is 1. The molecule has 1 fully saturated rings. The van der Waals surface area contributed by atoms with Crippen LogP contribution in [0.25, 0.3) is 0 Å². The molecule has 0 unspecified atom stereocenters. The van der Waals surface area contributed by atoms with Crippen molar-refractivity contribution < 1.29 is 23.1 Å². The Kier molecular flexibility index (Phi) is 4.60. The Balaban J connectivity index is 1.73. The van der Waals surface area contributed by atoms with Gasteiger partial charge in [0.25, 0.3) is 5.91 Å². The lowest BCUT2D eigenvalue weighted by atomic mass is 10.2. The van der Waals surface area contributed by atoms with Crippen molar-refractivity contribution in [2.75, 3.05) is 18.6 Å². The Bertz CT molecular complexity index is 829. The first-order chi connectivity index (χ1) is 12.0. The number of hydrogen-bond acceptors (Lipinski definition) is 4. The van der Waals surface area contributed by atoms with E-state index in [2.05, 4.69) is 10.3 Å². The second-order valence-electron chi connectivity index (χ2n) is 5.53. The Labute approximate surface area is 142 Å². The summed E-state index contributed by atoms with van der Waals surface area (Å²) in [5.74, 6) is -2.37. The van der Waals surface area contributed by atoms with Gasteiger partial charge in [0, 0.05) is 19.0 Å². The second-order valence-corrected chi connectivity index (χ2v) is 5.53. The van der Waals surface area contributed by atoms with E-state index in [1.165, 1.54) is 12.0 Å². The highest BCUT2D eigenvalue weighted by Gasteiger charge is 2.33. The minimum atomic E-state index is -1.05. The number of nitrogens with zero attached hydrogens (tertiary/aromatic N) is 2. The van der Waals surface area contributed by atoms with Crippen LogP contribution in [0.1, 0.15) is 16.9 Å². The number of rotatable bonds is 4. The number of amides is 2. The molecule has 1 atom stereocenters. The lowest BCUT2D eigenvalue weighted by Gasteiger charge is -2.19. The summed E-state index contributed by atoms with van der Waals surface area (Å²) in [5, 5.41) is 2.56. The average molecular weight is 347 g/mol. The second kappa shape index (κ2) is 6.84. The predicted molar refractivity (Wildman–Crippen MR) is 85.4 cm³/mol. The Hall–Kier alpha value is -3.03. The van der Waals surface area contributed by atoms with Crippen LogP contribution < -0.4 is 15.0 Å². The lowest BCUT2D eigenvalue weighted by molar-refractivity contribution is -0.117. The van der Waals surface area contributed by atoms with E-state index < -0.39 is 29.3 Å². The van der Waals surface area contributed by atoms with Crippen LogP contribution in [0.15, 0.2) is 36.5 Å². The molecule has 0 aliphatic carbocycles. The number of carbonyl (C=O) groups is 2. The maximum Gasteiger partial charge on any atom is 0.273 e. The summed E-state index contributed by atoms with van der Waals surface area (Å²) in [6.07, 6.45) is 0.825. The summed E-state index contributed by atoms with van der Waals surface area (Å²) in [5.41, 5.74) is 0.0856. The molecule has 2 heterocycles. The fraction of sp³-hybridized carbons (Fsp3) is 0.235. The molecule has 1 aliphatic rings. The molecule has 2 aromatic rings. The molecule has 1 N–H and O–H groups in total. The van der Waals surface area contributed by atoms with Gasteiger partial charge in [0.05, 0.1) is 25.0 Å². The van der Waals surface area contributed by atoms with Crippen LogP contribution in [-0.4, -0.2) is 36.5 Å². The minimum absolute atomic E-state index is 0.0621. The quantitative estimate of drug-likeness (QED) is 0.917. The molecule has 8 heteroatoms. The summed E-state index contributed by atoms with van der Waals surface area (Å²) in [6, 6.07) is 7.09. The number of hydrogen-bond donors (Lipinski definition) is 1. The zero-order chi connectivity index (χ0) is 18.0. The van der Waals surface area contributed by atoms with Gasteiger partial charge >= 0.3 is 0 Å². The van der Waals surface area contributed by atoms with Crippen molar-refractivity contribution >= 4 is 17.5 Å². The van der Waals surface area contributed by atoms with Crippen molar-refractivity contribution in [3.8, 4) is 5.75 Å². The number of carbonyl (C=O) groups excluding carboxylic acids is 2. The Morgan fingerprint density at radius 2 is 2.12 bits per heavy atom. The summed E-state index contributed by atoms with van der Waals surface area (Å²) in [6.45, 7) is 0.216. The van der Waals surface area contributed by atoms with Gasteiger partial charge in [-0.25, -0.2) is 13.8 Å². The number of benzene rings is 1. The molecule has 3 rings (SSSR count). The van der Waals surface area contributed by atoms with Crippen molar-refractivity contribution in [2.24, 2.45) is 0 Å². The zero-order valence-corrected chi connectivity index (χ0v) is 13.3. The molecule has 1 aromatic carbocycles. The molecule has 0 spiro atoms. The molecule has 6 nitrogen and oxygen atoms in total. The number of para-hydroxylation sites is 2. The van der Waals surface area contributed by atoms with Crippen molar-refractivity contribution in [2.45, 2.75) is 12.5 Å². The molecule has 130 valence electrons. The van der Waals surface area contributed by atoms with Gasteiger partial charge in [0.1, 0.15) is 11.6 Å². The molecule has 1 aromatic heterocycles. The van der Waals surface area contributed by atoms with Crippen LogP contribution in [0.3, 0.4) is 0 Å². The van der Waals surface area contributed by atoms with E-state index in [4.69, 9.17) is 4.74 Å². The first-order valence-corrected chi connectivity index (χ1v) is 7.55. The van der Waals surface area contributed by atoms with Crippen molar-refractivity contribution in [1.82, 2.24) is 10.3 Å². The van der Waals surface area contributed by atoms with Crippen LogP contribution >= 0.6 is 0 Å². The fourth-order valence-electron chi connectivity index (χ4n) is 2.73. The molecule has 0 saturated carbocycles. The SMILES string of the molecule is COc1ccccc1N1C[C@@H](NC(=O)c2ncc(F)cc2F)CC1=O. The van der Waals surface area contributed by atoms with E-state index in [0.717, 1.165) is 6.20 Å². The van der Waals surface area contributed by atoms with E-state index in [1.54, 1.807) is 24.3 Å². The maximum absolute atomic E-state index is 13.6. The number of halogens is 2. The van der Waals surface area contributed by atoms with Crippen molar-refractivity contribution in [3.63, 3.8) is 0 Å². The number of nitrogens with one attached hydrogen (secondary N) is 1. The molecule has 0 radical (unpaired) electrons. The topological polar surface area (TPSA) is 71.5 Å². The molecular weight excluding hydrogens is 332 g/mol. The number of ether oxygens (including phenoxy) is 1. The fourth-order valence-corrected chi connectivity index (χ4v) is 2.73. The average Bonchev–Trinajstić information content (AvgIpc) is 2.94. The number of pyridine rings is 1. The van der Waals surface area contributed by atoms with Crippen LogP contribution in [0.4, 0.5) is 14.5 Å². The highest BCUT2D eigenvalue weighted by molar-refractivity contribution is 5.99. The van der Waals surface area contributed by atoms with Crippen LogP contribution in [0, 0.1) is 11.6 Å². The Morgan fingerprint density at radius 1 is 1.36 bits per heavy atom. The standard InChI is InChI=1S/C17H15F2N3O3/c1-25-14-5-3-2-4-13(14)22-9-11(7-15(22)23)21-17(24)16-12(19)6-10(18)8-20-16/h2-6,8,11H,7,9H2,1H3,(H,21,24)/t11-/m0/s1. The zero-order valence-electron chi connectivity index (χ0n) is 13.3. The van der Waals surface area contributed by atoms with E-state index in [0.29, 0.717) is 17.5 Å². The smallest absolute Gasteiger partial charge is 0.273 e. The van der Waals surface area contributed by atoms with Crippen molar-refractivity contribution in [3.05, 3.63) is 53.9 Å². The largest absolute Gasteiger partial charge is 0.495 e. The summed E-state index contributed by atoms with van der Waals surface area (Å²) in [7, 11) is 1.50. The van der Waals surface area contributed by atoms with E-state index in [9.17, 15) is 18.4 Å². The normalized spacial score (nSPS) is 16.8. The van der Waals surface area contributed by atoms with Gasteiger partial charge in [0.2, 0.25) is 5.91 Å². The molecular formula is C17H15F2N3O3. The van der Waals surface area contributed by atoms with Crippen molar-refractivity contribution in [1.29, 1.82) is 0 Å². The molecule has 1 saturated heterocycles. The van der Waals surface area contributed by atoms with E-state index in [-0.39, 0.29) is 18.9 Å². The van der Waals surface area contributed by atoms with Gasteiger partial charge in [0.15, 0.2) is 11.5 Å². The van der Waals surface area contributed by atoms with Crippen LogP contribution in [-0.2, 0) is 4.79 Å². The maximum atomic E-state index is 13.6. The first kappa shape index (κ1) is 16.8. The highest BCUT2D eigenvalue weighted by atomic mass is 19.1. The number of anilines is 1. The first-order valence-electron chi connectivity index (χ1n) is 7.55. The van der Waals surface area contributed by atoms with Gasteiger partial charge in [-0.2, -0.15) is 0 Å². The third kappa shape index (κ3) is 3.42. The molecule has 2 amide bonds. The Morgan fingerprint density at radius 3 is 2.84 bits per heavy atom. The minimum Gasteiger partial charge on any atom is -0.495 e. The molecule has 0 bridgehead atoms. The monoisotopic (exact) mass is 347 g/mol. The van der Waals surface area contributed by atoms with Crippen LogP contribution in [0.5, 0.6) is 5.75 Å². The van der Waals surface area contributed by atoms with E-state index in [1.807, 2.05) is 0 Å². The molecule has 25 heavy (non-hydrogen) atoms. The summed E-state index contributed by atoms with van der Waals surface area (Å²) >= 11 is 0. The van der Waals surface area contributed by atoms with Gasteiger partial charge in [-0.3, -0.25) is 9.59 Å². The van der Waals surface area contributed by atoms with Gasteiger partial charge < -0.3 is 15.0 Å². The van der Waals surface area contributed by atoms with Gasteiger partial charge in [-0.1, -0.05) is 12.1 Å².